The number of ether oxygens (including phenoxy) is 1. The fraction of sp³-hybridized carbons (Fsp3) is 0.211. The van der Waals surface area contributed by atoms with E-state index >= 15 is 0 Å². The molecule has 0 saturated carbocycles. The van der Waals surface area contributed by atoms with Crippen molar-refractivity contribution in [2.45, 2.75) is 105 Å². The summed E-state index contributed by atoms with van der Waals surface area (Å²) in [6, 6.07) is 80.0. The molecule has 1 aromatic heterocycles. The molecule has 4 heteroatoms. The van der Waals surface area contributed by atoms with Gasteiger partial charge in [-0.05, 0) is 142 Å². The van der Waals surface area contributed by atoms with E-state index in [9.17, 15) is 0 Å². The summed E-state index contributed by atoms with van der Waals surface area (Å²) in [7, 11) is 0. The van der Waals surface area contributed by atoms with E-state index in [4.69, 9.17) is 4.74 Å². The number of para-hydroxylation sites is 1. The summed E-state index contributed by atoms with van der Waals surface area (Å²) in [6.07, 6.45) is 0. The molecule has 0 atom stereocenters. The van der Waals surface area contributed by atoms with Crippen LogP contribution in [0.4, 0.5) is 17.1 Å². The first-order valence-corrected chi connectivity index (χ1v) is 28.7. The van der Waals surface area contributed by atoms with Gasteiger partial charge in [-0.1, -0.05) is 241 Å². The fourth-order valence-electron chi connectivity index (χ4n) is 12.5. The van der Waals surface area contributed by atoms with E-state index in [2.05, 4.69) is 305 Å². The van der Waals surface area contributed by atoms with Crippen LogP contribution in [-0.4, -0.2) is 11.3 Å². The summed E-state index contributed by atoms with van der Waals surface area (Å²) in [6.45, 7) is 27.7. The Kier molecular flexibility index (Phi) is 11.9. The van der Waals surface area contributed by atoms with Crippen molar-refractivity contribution in [3.63, 3.8) is 0 Å². The highest BCUT2D eigenvalue weighted by Crippen LogP contribution is 2.51. The Bertz CT molecular complexity index is 4070. The predicted octanol–water partition coefficient (Wildman–Crippen LogP) is 19.0. The number of anilines is 3. The van der Waals surface area contributed by atoms with E-state index < -0.39 is 0 Å². The van der Waals surface area contributed by atoms with Crippen LogP contribution in [0.2, 0.25) is 0 Å². The van der Waals surface area contributed by atoms with E-state index in [0.717, 1.165) is 78.6 Å². The van der Waals surface area contributed by atoms with Crippen LogP contribution in [0, 0.1) is 0 Å². The highest BCUT2D eigenvalue weighted by atomic mass is 16.5. The maximum atomic E-state index is 7.59. The number of fused-ring (bicyclic) bond motifs is 7. The first kappa shape index (κ1) is 51.1. The molecule has 3 nitrogen and oxygen atoms in total. The van der Waals surface area contributed by atoms with Gasteiger partial charge in [0, 0.05) is 45.0 Å². The van der Waals surface area contributed by atoms with Crippen LogP contribution in [0.3, 0.4) is 0 Å². The lowest BCUT2D eigenvalue weighted by atomic mass is 9.34. The van der Waals surface area contributed by atoms with Gasteiger partial charge in [0.15, 0.2) is 0 Å². The van der Waals surface area contributed by atoms with Crippen molar-refractivity contribution < 1.29 is 4.74 Å². The van der Waals surface area contributed by atoms with Gasteiger partial charge in [-0.3, -0.25) is 0 Å². The third kappa shape index (κ3) is 8.76. The van der Waals surface area contributed by atoms with E-state index in [0.29, 0.717) is 0 Å². The monoisotopic (exact) mass is 1040 g/mol. The molecule has 0 aliphatic carbocycles. The number of benzene rings is 10. The molecule has 11 aromatic rings. The van der Waals surface area contributed by atoms with Gasteiger partial charge in [0.05, 0.1) is 16.7 Å². The zero-order valence-corrected chi connectivity index (χ0v) is 48.6. The van der Waals surface area contributed by atoms with Crippen molar-refractivity contribution in [2.75, 3.05) is 4.90 Å². The minimum atomic E-state index is -0.160. The second-order valence-electron chi connectivity index (χ2n) is 26.7. The van der Waals surface area contributed by atoms with Gasteiger partial charge in [0.2, 0.25) is 0 Å². The molecule has 13 rings (SSSR count). The van der Waals surface area contributed by atoms with Crippen LogP contribution in [-0.2, 0) is 21.7 Å². The molecule has 0 radical (unpaired) electrons. The molecular weight excluding hydrogens is 968 g/mol. The van der Waals surface area contributed by atoms with Gasteiger partial charge in [-0.25, -0.2) is 0 Å². The van der Waals surface area contributed by atoms with E-state index in [1.165, 1.54) is 60.6 Å². The average Bonchev–Trinajstić information content (AvgIpc) is 3.94. The van der Waals surface area contributed by atoms with Crippen molar-refractivity contribution in [2.24, 2.45) is 0 Å². The molecule has 0 spiro atoms. The van der Waals surface area contributed by atoms with Gasteiger partial charge in [-0.15, -0.1) is 0 Å². The Morgan fingerprint density at radius 2 is 0.850 bits per heavy atom. The predicted molar refractivity (Wildman–Crippen MR) is 343 cm³/mol. The van der Waals surface area contributed by atoms with Crippen LogP contribution in [0.25, 0.3) is 72.0 Å². The van der Waals surface area contributed by atoms with Gasteiger partial charge in [0.25, 0.3) is 6.71 Å². The molecule has 2 aliphatic rings. The Balaban J connectivity index is 1.11. The zero-order chi connectivity index (χ0) is 55.6. The number of nitrogens with zero attached hydrogens (tertiary/aromatic N) is 2. The minimum Gasteiger partial charge on any atom is -0.458 e. The average molecular weight is 1040 g/mol. The van der Waals surface area contributed by atoms with Gasteiger partial charge < -0.3 is 14.2 Å². The van der Waals surface area contributed by atoms with Gasteiger partial charge in [0.1, 0.15) is 11.5 Å². The van der Waals surface area contributed by atoms with Crippen molar-refractivity contribution in [1.29, 1.82) is 0 Å². The molecule has 0 saturated heterocycles. The van der Waals surface area contributed by atoms with Crippen LogP contribution in [0.5, 0.6) is 11.5 Å². The lowest BCUT2D eigenvalue weighted by molar-refractivity contribution is 0.487. The topological polar surface area (TPSA) is 17.4 Å². The fourth-order valence-corrected chi connectivity index (χ4v) is 12.5. The van der Waals surface area contributed by atoms with Crippen LogP contribution >= 0.6 is 0 Å². The number of aromatic nitrogens is 1. The lowest BCUT2D eigenvalue weighted by Gasteiger charge is -2.42. The molecule has 0 fully saturated rings. The minimum absolute atomic E-state index is 0.00248. The second-order valence-corrected chi connectivity index (χ2v) is 26.7. The molecule has 394 valence electrons. The van der Waals surface area contributed by atoms with Crippen molar-refractivity contribution in [3.8, 4) is 61.7 Å². The smallest absolute Gasteiger partial charge is 0.256 e. The molecule has 0 N–H and O–H groups in total. The summed E-state index contributed by atoms with van der Waals surface area (Å²) in [4.78, 5) is 2.58. The Hall–Kier alpha value is -8.34. The highest BCUT2D eigenvalue weighted by molar-refractivity contribution is 6.99. The summed E-state index contributed by atoms with van der Waals surface area (Å²) in [5, 5.41) is 2.54. The maximum absolute atomic E-state index is 7.59. The number of hydrogen-bond donors (Lipinski definition) is 0. The highest BCUT2D eigenvalue weighted by Gasteiger charge is 2.44. The summed E-state index contributed by atoms with van der Waals surface area (Å²) < 4.78 is 10.0. The van der Waals surface area contributed by atoms with Gasteiger partial charge in [-0.2, -0.15) is 0 Å². The number of hydrogen-bond acceptors (Lipinski definition) is 2. The van der Waals surface area contributed by atoms with E-state index in [1.54, 1.807) is 0 Å². The molecule has 0 amide bonds. The Labute approximate surface area is 474 Å². The maximum Gasteiger partial charge on any atom is 0.256 e. The molecule has 3 heterocycles. The second kappa shape index (κ2) is 18.6. The largest absolute Gasteiger partial charge is 0.458 e. The Morgan fingerprint density at radius 3 is 1.38 bits per heavy atom. The number of rotatable bonds is 6. The molecule has 0 unspecified atom stereocenters. The molecule has 0 bridgehead atoms. The quantitative estimate of drug-likeness (QED) is 0.154. The van der Waals surface area contributed by atoms with Crippen LogP contribution < -0.4 is 26.0 Å². The van der Waals surface area contributed by atoms with Crippen molar-refractivity contribution >= 4 is 62.0 Å². The third-order valence-corrected chi connectivity index (χ3v) is 17.0. The first-order chi connectivity index (χ1) is 38.2. The molecule has 10 aromatic carbocycles. The van der Waals surface area contributed by atoms with E-state index in [1.807, 2.05) is 0 Å². The lowest BCUT2D eigenvalue weighted by Crippen LogP contribution is -2.59. The molecular formula is C76H71BN2O. The third-order valence-electron chi connectivity index (χ3n) is 17.0. The van der Waals surface area contributed by atoms with Crippen molar-refractivity contribution in [1.82, 2.24) is 4.57 Å². The van der Waals surface area contributed by atoms with Crippen LogP contribution in [0.15, 0.2) is 212 Å². The van der Waals surface area contributed by atoms with E-state index in [-0.39, 0.29) is 28.4 Å². The zero-order valence-electron chi connectivity index (χ0n) is 48.6. The summed E-state index contributed by atoms with van der Waals surface area (Å²) in [5.41, 5.74) is 24.9. The summed E-state index contributed by atoms with van der Waals surface area (Å²) in [5.74, 6) is 1.74. The van der Waals surface area contributed by atoms with Gasteiger partial charge >= 0.3 is 0 Å². The SMILES string of the molecule is CC(C)(C)c1cc(-c2ccc3c(c2)B2c4ccc(-n5c6ccc(C(C)(C)C)cc6c6cc(C(C)(C)C)ccc65)cc4Oc4cc(-c5ccccc5)cc(c42)N3c2c(-c3ccccc3)cccc2-c2ccccc2)cc(C(C)(C)C)c1. The molecule has 2 aliphatic heterocycles. The van der Waals surface area contributed by atoms with Crippen molar-refractivity contribution in [3.05, 3.63) is 235 Å². The first-order valence-electron chi connectivity index (χ1n) is 28.7. The Morgan fingerprint density at radius 1 is 0.338 bits per heavy atom. The summed E-state index contributed by atoms with van der Waals surface area (Å²) >= 11 is 0. The molecule has 80 heavy (non-hydrogen) atoms. The van der Waals surface area contributed by atoms with Crippen LogP contribution in [0.1, 0.15) is 105 Å². The standard InChI is InChI=1S/C76H71BN2O/c1-73(2,3)54-32-37-65-61(45-54)62-46-55(74(4,5)6)33-38-66(62)78(65)58-34-35-63-69(47-58)80-70-43-53(48-23-16-13-17-24-48)42-68-71(70)77(63)64-41-51(52-39-56(75(7,8)9)44-57(40-52)76(10,11)12)31-36-67(64)79(68)72-59(49-25-18-14-19-26-49)29-22-30-60(72)50-27-20-15-21-28-50/h13-47H,1-12H3. The normalized spacial score (nSPS) is 13.3.